The number of fused-ring (bicyclic) bond motifs is 1. The van der Waals surface area contributed by atoms with E-state index in [0.29, 0.717) is 5.75 Å². The fourth-order valence-corrected chi connectivity index (χ4v) is 2.58. The van der Waals surface area contributed by atoms with Crippen LogP contribution in [0.15, 0.2) is 24.3 Å². The molecule has 1 aromatic heterocycles. The van der Waals surface area contributed by atoms with Crippen LogP contribution in [-0.2, 0) is 0 Å². The Kier molecular flexibility index (Phi) is 2.80. The molecule has 0 bridgehead atoms. The zero-order chi connectivity index (χ0) is 12.5. The lowest BCUT2D eigenvalue weighted by Crippen LogP contribution is -2.17. The summed E-state index contributed by atoms with van der Waals surface area (Å²) in [6, 6.07) is 8.16. The first-order valence-corrected chi connectivity index (χ1v) is 6.31. The van der Waals surface area contributed by atoms with Crippen LogP contribution in [0.3, 0.4) is 0 Å². The van der Waals surface area contributed by atoms with Crippen LogP contribution >= 0.6 is 0 Å². The van der Waals surface area contributed by atoms with Gasteiger partial charge in [-0.05, 0) is 38.0 Å². The van der Waals surface area contributed by atoms with Crippen molar-refractivity contribution in [3.8, 4) is 5.75 Å². The molecule has 94 valence electrons. The second kappa shape index (κ2) is 4.46. The number of hydrogen-bond donors (Lipinski definition) is 1. The molecular weight excluding hydrogens is 226 g/mol. The summed E-state index contributed by atoms with van der Waals surface area (Å²) in [5, 5.41) is 0.979. The predicted octanol–water partition coefficient (Wildman–Crippen LogP) is 2.40. The van der Waals surface area contributed by atoms with Gasteiger partial charge in [0.15, 0.2) is 5.75 Å². The number of aryl methyl sites for hydroxylation is 1. The van der Waals surface area contributed by atoms with Gasteiger partial charge in [0, 0.05) is 35.9 Å². The summed E-state index contributed by atoms with van der Waals surface area (Å²) in [6.07, 6.45) is 2.54. The van der Waals surface area contributed by atoms with Gasteiger partial charge in [-0.2, -0.15) is 5.90 Å². The Morgan fingerprint density at radius 2 is 2.00 bits per heavy atom. The van der Waals surface area contributed by atoms with Crippen LogP contribution in [0.5, 0.6) is 5.75 Å². The minimum Gasteiger partial charge on any atom is -0.411 e. The van der Waals surface area contributed by atoms with Gasteiger partial charge >= 0.3 is 0 Å². The van der Waals surface area contributed by atoms with Crippen molar-refractivity contribution in [1.82, 2.24) is 4.98 Å². The molecule has 1 aliphatic rings. The van der Waals surface area contributed by atoms with E-state index in [2.05, 4.69) is 22.0 Å². The summed E-state index contributed by atoms with van der Waals surface area (Å²) < 4.78 is 0. The van der Waals surface area contributed by atoms with E-state index in [-0.39, 0.29) is 0 Å². The Hall–Kier alpha value is -1.81. The molecule has 0 saturated carbocycles. The lowest BCUT2D eigenvalue weighted by atomic mass is 10.1. The monoisotopic (exact) mass is 243 g/mol. The summed E-state index contributed by atoms with van der Waals surface area (Å²) >= 11 is 0. The van der Waals surface area contributed by atoms with Gasteiger partial charge in [0.1, 0.15) is 0 Å². The molecule has 3 rings (SSSR count). The number of benzene rings is 1. The second-order valence-electron chi connectivity index (χ2n) is 4.78. The highest BCUT2D eigenvalue weighted by atomic mass is 16.6. The molecule has 4 heteroatoms. The third-order valence-electron chi connectivity index (χ3n) is 3.48. The number of pyridine rings is 1. The van der Waals surface area contributed by atoms with E-state index in [1.807, 2.05) is 19.1 Å². The van der Waals surface area contributed by atoms with Crippen LogP contribution in [0.4, 0.5) is 5.69 Å². The van der Waals surface area contributed by atoms with Crippen molar-refractivity contribution in [3.05, 3.63) is 30.0 Å². The molecule has 1 fully saturated rings. The molecule has 0 spiro atoms. The number of nitrogens with zero attached hydrogens (tertiary/aromatic N) is 2. The van der Waals surface area contributed by atoms with E-state index in [4.69, 9.17) is 10.7 Å². The maximum atomic E-state index is 5.35. The molecule has 0 amide bonds. The number of hydrogen-bond acceptors (Lipinski definition) is 4. The molecule has 0 atom stereocenters. The summed E-state index contributed by atoms with van der Waals surface area (Å²) in [6.45, 7) is 4.20. The average Bonchev–Trinajstić information content (AvgIpc) is 2.91. The molecule has 18 heavy (non-hydrogen) atoms. The molecule has 1 saturated heterocycles. The fraction of sp³-hybridized carbons (Fsp3) is 0.357. The van der Waals surface area contributed by atoms with E-state index in [1.54, 1.807) is 0 Å². The van der Waals surface area contributed by atoms with Crippen LogP contribution in [0.1, 0.15) is 18.5 Å². The predicted molar refractivity (Wildman–Crippen MR) is 72.7 cm³/mol. The van der Waals surface area contributed by atoms with E-state index in [1.165, 1.54) is 18.5 Å². The SMILES string of the molecule is Cc1cc(ON)c2cc(N3CCCC3)ccc2n1. The van der Waals surface area contributed by atoms with Gasteiger partial charge in [0.2, 0.25) is 0 Å². The standard InChI is InChI=1S/C14H17N3O/c1-10-8-14(18-15)12-9-11(4-5-13(12)16-10)17-6-2-3-7-17/h4-5,8-9H,2-3,6-7,15H2,1H3. The highest BCUT2D eigenvalue weighted by Crippen LogP contribution is 2.30. The molecule has 0 aliphatic carbocycles. The highest BCUT2D eigenvalue weighted by molar-refractivity contribution is 5.88. The van der Waals surface area contributed by atoms with Crippen molar-refractivity contribution in [2.45, 2.75) is 19.8 Å². The van der Waals surface area contributed by atoms with Gasteiger partial charge in [-0.3, -0.25) is 4.98 Å². The zero-order valence-electron chi connectivity index (χ0n) is 10.5. The number of aromatic nitrogens is 1. The first-order valence-electron chi connectivity index (χ1n) is 6.31. The van der Waals surface area contributed by atoms with Crippen molar-refractivity contribution in [3.63, 3.8) is 0 Å². The number of nitrogens with two attached hydrogens (primary N) is 1. The maximum absolute atomic E-state index is 5.35. The maximum Gasteiger partial charge on any atom is 0.158 e. The number of anilines is 1. The van der Waals surface area contributed by atoms with Gasteiger partial charge in [0.25, 0.3) is 0 Å². The largest absolute Gasteiger partial charge is 0.411 e. The van der Waals surface area contributed by atoms with Gasteiger partial charge in [-0.25, -0.2) is 0 Å². The summed E-state index contributed by atoms with van der Waals surface area (Å²) in [5.74, 6) is 6.04. The first kappa shape index (κ1) is 11.3. The van der Waals surface area contributed by atoms with Crippen LogP contribution < -0.4 is 15.6 Å². The normalized spacial score (nSPS) is 15.3. The minimum absolute atomic E-state index is 0.693. The highest BCUT2D eigenvalue weighted by Gasteiger charge is 2.14. The van der Waals surface area contributed by atoms with Crippen LogP contribution in [-0.4, -0.2) is 18.1 Å². The third kappa shape index (κ3) is 1.88. The fourth-order valence-electron chi connectivity index (χ4n) is 2.58. The smallest absolute Gasteiger partial charge is 0.158 e. The molecule has 4 nitrogen and oxygen atoms in total. The summed E-state index contributed by atoms with van der Waals surface area (Å²) in [4.78, 5) is 11.9. The molecule has 2 aromatic rings. The van der Waals surface area contributed by atoms with Crippen molar-refractivity contribution >= 4 is 16.6 Å². The van der Waals surface area contributed by atoms with Gasteiger partial charge in [-0.1, -0.05) is 0 Å². The molecule has 1 aliphatic heterocycles. The molecule has 0 radical (unpaired) electrons. The van der Waals surface area contributed by atoms with Gasteiger partial charge in [-0.15, -0.1) is 0 Å². The van der Waals surface area contributed by atoms with Crippen LogP contribution in [0, 0.1) is 6.92 Å². The lowest BCUT2D eigenvalue weighted by Gasteiger charge is -2.18. The Balaban J connectivity index is 2.12. The summed E-state index contributed by atoms with van der Waals surface area (Å²) in [7, 11) is 0. The van der Waals surface area contributed by atoms with Crippen molar-refractivity contribution < 1.29 is 4.84 Å². The average molecular weight is 243 g/mol. The van der Waals surface area contributed by atoms with E-state index in [9.17, 15) is 0 Å². The number of rotatable bonds is 2. The Morgan fingerprint density at radius 1 is 1.22 bits per heavy atom. The van der Waals surface area contributed by atoms with Gasteiger partial charge in [0.05, 0.1) is 5.52 Å². The quantitative estimate of drug-likeness (QED) is 0.823. The molecule has 2 N–H and O–H groups in total. The Morgan fingerprint density at radius 3 is 2.72 bits per heavy atom. The van der Waals surface area contributed by atoms with Crippen molar-refractivity contribution in [2.75, 3.05) is 18.0 Å². The van der Waals surface area contributed by atoms with E-state index < -0.39 is 0 Å². The third-order valence-corrected chi connectivity index (χ3v) is 3.48. The molecule has 0 unspecified atom stereocenters. The minimum atomic E-state index is 0.693. The van der Waals surface area contributed by atoms with Crippen molar-refractivity contribution in [2.24, 2.45) is 5.90 Å². The Bertz CT molecular complexity index is 577. The summed E-state index contributed by atoms with van der Waals surface area (Å²) in [5.41, 5.74) is 3.07. The lowest BCUT2D eigenvalue weighted by molar-refractivity contribution is 0.338. The van der Waals surface area contributed by atoms with Crippen LogP contribution in [0.25, 0.3) is 10.9 Å². The zero-order valence-corrected chi connectivity index (χ0v) is 10.5. The molecular formula is C14H17N3O. The molecule has 2 heterocycles. The van der Waals surface area contributed by atoms with E-state index in [0.717, 1.165) is 29.7 Å². The van der Waals surface area contributed by atoms with Crippen LogP contribution in [0.2, 0.25) is 0 Å². The second-order valence-corrected chi connectivity index (χ2v) is 4.78. The van der Waals surface area contributed by atoms with Crippen molar-refractivity contribution in [1.29, 1.82) is 0 Å². The first-order chi connectivity index (χ1) is 8.78. The van der Waals surface area contributed by atoms with Gasteiger partial charge < -0.3 is 9.74 Å². The Labute approximate surface area is 106 Å². The molecule has 1 aromatic carbocycles. The van der Waals surface area contributed by atoms with E-state index >= 15 is 0 Å². The topological polar surface area (TPSA) is 51.4 Å².